The van der Waals surface area contributed by atoms with Crippen molar-refractivity contribution in [3.05, 3.63) is 29.3 Å². The van der Waals surface area contributed by atoms with Gasteiger partial charge in [0.05, 0.1) is 6.04 Å². The molecule has 2 amide bonds. The highest BCUT2D eigenvalue weighted by molar-refractivity contribution is 5.98. The van der Waals surface area contributed by atoms with Gasteiger partial charge in [-0.05, 0) is 31.0 Å². The van der Waals surface area contributed by atoms with Crippen molar-refractivity contribution in [2.45, 2.75) is 32.7 Å². The summed E-state index contributed by atoms with van der Waals surface area (Å²) in [4.78, 5) is 22.9. The second kappa shape index (κ2) is 6.16. The lowest BCUT2D eigenvalue weighted by atomic mass is 10.1. The third kappa shape index (κ3) is 3.56. The molecule has 0 saturated heterocycles. The third-order valence-electron chi connectivity index (χ3n) is 2.71. The molecule has 0 aliphatic heterocycles. The fourth-order valence-corrected chi connectivity index (χ4v) is 1.64. The fraction of sp³-hybridized carbons (Fsp3) is 0.385. The Morgan fingerprint density at radius 3 is 2.61 bits per heavy atom. The molecule has 1 rings (SSSR count). The van der Waals surface area contributed by atoms with Crippen molar-refractivity contribution in [1.29, 1.82) is 0 Å². The van der Waals surface area contributed by atoms with Crippen molar-refractivity contribution in [3.8, 4) is 0 Å². The molecule has 0 spiro atoms. The van der Waals surface area contributed by atoms with Crippen LogP contribution in [0.15, 0.2) is 18.2 Å². The number of primary amides is 1. The number of hydrogen-bond acceptors (Lipinski definition) is 3. The van der Waals surface area contributed by atoms with Crippen LogP contribution in [0.3, 0.4) is 0 Å². The van der Waals surface area contributed by atoms with Crippen LogP contribution < -0.4 is 16.8 Å². The lowest BCUT2D eigenvalue weighted by Crippen LogP contribution is -2.35. The highest BCUT2D eigenvalue weighted by Gasteiger charge is 2.13. The molecule has 0 aliphatic carbocycles. The Morgan fingerprint density at radius 1 is 1.39 bits per heavy atom. The van der Waals surface area contributed by atoms with Crippen molar-refractivity contribution >= 4 is 17.5 Å². The zero-order chi connectivity index (χ0) is 13.7. The van der Waals surface area contributed by atoms with E-state index in [4.69, 9.17) is 11.5 Å². The summed E-state index contributed by atoms with van der Waals surface area (Å²) < 4.78 is 0. The molecule has 0 saturated carbocycles. The second-order valence-electron chi connectivity index (χ2n) is 4.28. The van der Waals surface area contributed by atoms with Crippen LogP contribution in [-0.2, 0) is 4.79 Å². The van der Waals surface area contributed by atoms with Gasteiger partial charge in [-0.2, -0.15) is 0 Å². The monoisotopic (exact) mass is 249 g/mol. The summed E-state index contributed by atoms with van der Waals surface area (Å²) in [7, 11) is 0. The van der Waals surface area contributed by atoms with E-state index in [1.807, 2.05) is 6.92 Å². The molecule has 5 heteroatoms. The van der Waals surface area contributed by atoms with Crippen molar-refractivity contribution in [3.63, 3.8) is 0 Å². The van der Waals surface area contributed by atoms with Gasteiger partial charge in [0.1, 0.15) is 0 Å². The lowest BCUT2D eigenvalue weighted by Gasteiger charge is -2.12. The zero-order valence-electron chi connectivity index (χ0n) is 10.7. The van der Waals surface area contributed by atoms with Crippen molar-refractivity contribution in [2.75, 3.05) is 5.32 Å². The Morgan fingerprint density at radius 2 is 2.06 bits per heavy atom. The van der Waals surface area contributed by atoms with Gasteiger partial charge in [-0.15, -0.1) is 0 Å². The summed E-state index contributed by atoms with van der Waals surface area (Å²) in [6.45, 7) is 3.75. The maximum atomic E-state index is 11.7. The molecule has 18 heavy (non-hydrogen) atoms. The van der Waals surface area contributed by atoms with E-state index in [-0.39, 0.29) is 5.91 Å². The molecular formula is C13H19N3O2. The van der Waals surface area contributed by atoms with Gasteiger partial charge < -0.3 is 16.8 Å². The number of nitrogens with one attached hydrogen (secondary N) is 1. The Labute approximate surface area is 107 Å². The number of rotatable bonds is 5. The van der Waals surface area contributed by atoms with Crippen LogP contribution >= 0.6 is 0 Å². The predicted molar refractivity (Wildman–Crippen MR) is 71.2 cm³/mol. The predicted octanol–water partition coefficient (Wildman–Crippen LogP) is 1.16. The normalized spacial score (nSPS) is 11.9. The maximum absolute atomic E-state index is 11.7. The molecule has 0 aliphatic rings. The van der Waals surface area contributed by atoms with Gasteiger partial charge in [0.25, 0.3) is 0 Å². The minimum Gasteiger partial charge on any atom is -0.366 e. The number of carbonyl (C=O) groups excluding carboxylic acids is 2. The van der Waals surface area contributed by atoms with Gasteiger partial charge in [-0.3, -0.25) is 9.59 Å². The standard InChI is InChI=1S/C13H19N3O2/c1-3-4-11(14)13(18)16-9-6-5-8(2)10(7-9)12(15)17/h5-7,11H,3-4,14H2,1-2H3,(H2,15,17)(H,16,18). The van der Waals surface area contributed by atoms with E-state index in [2.05, 4.69) is 5.32 Å². The highest BCUT2D eigenvalue weighted by Crippen LogP contribution is 2.15. The average Bonchev–Trinajstić information content (AvgIpc) is 2.31. The molecule has 1 aromatic rings. The van der Waals surface area contributed by atoms with Gasteiger partial charge in [0.15, 0.2) is 0 Å². The van der Waals surface area contributed by atoms with E-state index in [1.54, 1.807) is 25.1 Å². The molecule has 0 heterocycles. The van der Waals surface area contributed by atoms with Gasteiger partial charge in [-0.25, -0.2) is 0 Å². The Kier molecular flexibility index (Phi) is 4.85. The molecule has 0 bridgehead atoms. The van der Waals surface area contributed by atoms with Crippen LogP contribution in [0.4, 0.5) is 5.69 Å². The van der Waals surface area contributed by atoms with E-state index >= 15 is 0 Å². The van der Waals surface area contributed by atoms with E-state index < -0.39 is 11.9 Å². The minimum absolute atomic E-state index is 0.254. The molecule has 0 fully saturated rings. The molecule has 5 nitrogen and oxygen atoms in total. The second-order valence-corrected chi connectivity index (χ2v) is 4.28. The van der Waals surface area contributed by atoms with Crippen LogP contribution in [0.1, 0.15) is 35.7 Å². The van der Waals surface area contributed by atoms with E-state index in [0.29, 0.717) is 17.7 Å². The largest absolute Gasteiger partial charge is 0.366 e. The van der Waals surface area contributed by atoms with Crippen LogP contribution in [0, 0.1) is 6.92 Å². The maximum Gasteiger partial charge on any atom is 0.249 e. The quantitative estimate of drug-likeness (QED) is 0.730. The van der Waals surface area contributed by atoms with Crippen LogP contribution in [0.2, 0.25) is 0 Å². The fourth-order valence-electron chi connectivity index (χ4n) is 1.64. The Balaban J connectivity index is 2.82. The van der Waals surface area contributed by atoms with Crippen LogP contribution in [-0.4, -0.2) is 17.9 Å². The number of aryl methyl sites for hydroxylation is 1. The molecule has 98 valence electrons. The average molecular weight is 249 g/mol. The topological polar surface area (TPSA) is 98.2 Å². The van der Waals surface area contributed by atoms with Crippen molar-refractivity contribution in [1.82, 2.24) is 0 Å². The van der Waals surface area contributed by atoms with Crippen LogP contribution in [0.5, 0.6) is 0 Å². The Hall–Kier alpha value is -1.88. The van der Waals surface area contributed by atoms with E-state index in [9.17, 15) is 9.59 Å². The summed E-state index contributed by atoms with van der Waals surface area (Å²) in [5.74, 6) is -0.766. The molecule has 0 aromatic heterocycles. The summed E-state index contributed by atoms with van der Waals surface area (Å²) >= 11 is 0. The number of carbonyl (C=O) groups is 2. The molecule has 1 atom stereocenters. The first-order valence-corrected chi connectivity index (χ1v) is 5.92. The number of benzene rings is 1. The zero-order valence-corrected chi connectivity index (χ0v) is 10.7. The SMILES string of the molecule is CCCC(N)C(=O)Nc1ccc(C)c(C(N)=O)c1. The smallest absolute Gasteiger partial charge is 0.249 e. The third-order valence-corrected chi connectivity index (χ3v) is 2.71. The van der Waals surface area contributed by atoms with Gasteiger partial charge in [0.2, 0.25) is 11.8 Å². The molecule has 1 unspecified atom stereocenters. The molecule has 5 N–H and O–H groups in total. The van der Waals surface area contributed by atoms with Gasteiger partial charge >= 0.3 is 0 Å². The molecule has 0 radical (unpaired) electrons. The summed E-state index contributed by atoms with van der Waals surface area (Å²) in [5, 5.41) is 2.68. The van der Waals surface area contributed by atoms with Crippen molar-refractivity contribution in [2.24, 2.45) is 11.5 Å². The first kappa shape index (κ1) is 14.2. The Bertz CT molecular complexity index is 458. The number of nitrogens with two attached hydrogens (primary N) is 2. The first-order chi connectivity index (χ1) is 8.45. The van der Waals surface area contributed by atoms with E-state index in [1.165, 1.54) is 0 Å². The van der Waals surface area contributed by atoms with E-state index in [0.717, 1.165) is 12.0 Å². The number of amides is 2. The summed E-state index contributed by atoms with van der Waals surface area (Å²) in [6, 6.07) is 4.49. The number of hydrogen-bond donors (Lipinski definition) is 3. The summed E-state index contributed by atoms with van der Waals surface area (Å²) in [6.07, 6.45) is 1.47. The van der Waals surface area contributed by atoms with Crippen molar-refractivity contribution < 1.29 is 9.59 Å². The van der Waals surface area contributed by atoms with Crippen LogP contribution in [0.25, 0.3) is 0 Å². The minimum atomic E-state index is -0.534. The number of anilines is 1. The summed E-state index contributed by atoms with van der Waals surface area (Å²) in [5.41, 5.74) is 12.7. The molecule has 1 aromatic carbocycles. The van der Waals surface area contributed by atoms with Gasteiger partial charge in [0, 0.05) is 11.3 Å². The lowest BCUT2D eigenvalue weighted by molar-refractivity contribution is -0.117. The highest BCUT2D eigenvalue weighted by atomic mass is 16.2. The molecular weight excluding hydrogens is 230 g/mol. The first-order valence-electron chi connectivity index (χ1n) is 5.92. The van der Waals surface area contributed by atoms with Gasteiger partial charge in [-0.1, -0.05) is 19.4 Å².